The van der Waals surface area contributed by atoms with Crippen molar-refractivity contribution >= 4 is 0 Å². The highest BCUT2D eigenvalue weighted by Gasteiger charge is 2.18. The largest absolute Gasteiger partial charge is 0.507 e. The van der Waals surface area contributed by atoms with Crippen molar-refractivity contribution in [2.45, 2.75) is 39.8 Å². The number of hydrogen-bond acceptors (Lipinski definition) is 2. The van der Waals surface area contributed by atoms with Crippen LogP contribution >= 0.6 is 0 Å². The number of nitrogens with one attached hydrogen (secondary N) is 1. The van der Waals surface area contributed by atoms with E-state index in [0.29, 0.717) is 11.8 Å². The monoisotopic (exact) mass is 191 g/mol. The fraction of sp³-hybridized carbons (Fsp3) is 0.500. The van der Waals surface area contributed by atoms with E-state index < -0.39 is 0 Å². The summed E-state index contributed by atoms with van der Waals surface area (Å²) < 4.78 is 0. The molecule has 1 aromatic rings. The van der Waals surface area contributed by atoms with Gasteiger partial charge in [-0.3, -0.25) is 0 Å². The molecule has 1 aromatic carbocycles. The van der Waals surface area contributed by atoms with Gasteiger partial charge in [-0.15, -0.1) is 0 Å². The van der Waals surface area contributed by atoms with Crippen molar-refractivity contribution in [1.29, 1.82) is 0 Å². The Morgan fingerprint density at radius 1 is 1.43 bits per heavy atom. The second-order valence-corrected chi connectivity index (χ2v) is 4.29. The number of fused-ring (bicyclic) bond motifs is 1. The van der Waals surface area contributed by atoms with Crippen LogP contribution in [0.4, 0.5) is 0 Å². The molecule has 0 radical (unpaired) electrons. The SMILES string of the molecule is Cc1cc2c(c(C)c1O)CNC(C)C2. The molecular weight excluding hydrogens is 174 g/mol. The predicted molar refractivity (Wildman–Crippen MR) is 57.6 cm³/mol. The van der Waals surface area contributed by atoms with Crippen molar-refractivity contribution in [1.82, 2.24) is 5.32 Å². The lowest BCUT2D eigenvalue weighted by Crippen LogP contribution is -2.33. The highest BCUT2D eigenvalue weighted by molar-refractivity contribution is 5.49. The number of benzene rings is 1. The number of phenols is 1. The molecule has 2 heteroatoms. The molecule has 76 valence electrons. The summed E-state index contributed by atoms with van der Waals surface area (Å²) in [6.45, 7) is 7.05. The first-order chi connectivity index (χ1) is 6.59. The number of rotatable bonds is 0. The maximum atomic E-state index is 9.80. The van der Waals surface area contributed by atoms with Gasteiger partial charge in [-0.25, -0.2) is 0 Å². The van der Waals surface area contributed by atoms with Crippen LogP contribution in [0.2, 0.25) is 0 Å². The molecule has 0 saturated carbocycles. The molecule has 1 aliphatic heterocycles. The van der Waals surface area contributed by atoms with Crippen molar-refractivity contribution < 1.29 is 5.11 Å². The van der Waals surface area contributed by atoms with Crippen LogP contribution in [0, 0.1) is 13.8 Å². The average Bonchev–Trinajstić information content (AvgIpc) is 2.14. The Bertz CT molecular complexity index is 371. The fourth-order valence-corrected chi connectivity index (χ4v) is 2.20. The zero-order chi connectivity index (χ0) is 10.3. The number of hydrogen-bond donors (Lipinski definition) is 2. The third kappa shape index (κ3) is 1.40. The van der Waals surface area contributed by atoms with Gasteiger partial charge in [0.25, 0.3) is 0 Å². The van der Waals surface area contributed by atoms with E-state index in [-0.39, 0.29) is 0 Å². The van der Waals surface area contributed by atoms with E-state index in [0.717, 1.165) is 24.1 Å². The lowest BCUT2D eigenvalue weighted by atomic mass is 9.90. The van der Waals surface area contributed by atoms with Gasteiger partial charge in [-0.2, -0.15) is 0 Å². The molecule has 0 fully saturated rings. The lowest BCUT2D eigenvalue weighted by molar-refractivity contribution is 0.458. The molecule has 2 rings (SSSR count). The molecule has 0 spiro atoms. The molecular formula is C12H17NO. The van der Waals surface area contributed by atoms with Gasteiger partial charge in [-0.05, 0) is 49.4 Å². The van der Waals surface area contributed by atoms with Gasteiger partial charge in [0, 0.05) is 12.6 Å². The summed E-state index contributed by atoms with van der Waals surface area (Å²) in [6, 6.07) is 2.67. The van der Waals surface area contributed by atoms with Crippen molar-refractivity contribution in [2.75, 3.05) is 0 Å². The van der Waals surface area contributed by atoms with Crippen molar-refractivity contribution in [2.24, 2.45) is 0 Å². The first-order valence-electron chi connectivity index (χ1n) is 5.14. The fourth-order valence-electron chi connectivity index (χ4n) is 2.20. The molecule has 0 saturated heterocycles. The smallest absolute Gasteiger partial charge is 0.121 e. The number of phenolic OH excluding ortho intramolecular Hbond substituents is 1. The maximum Gasteiger partial charge on any atom is 0.121 e. The minimum Gasteiger partial charge on any atom is -0.507 e. The van der Waals surface area contributed by atoms with Crippen molar-refractivity contribution in [3.05, 3.63) is 28.3 Å². The maximum absolute atomic E-state index is 9.80. The lowest BCUT2D eigenvalue weighted by Gasteiger charge is -2.25. The first kappa shape index (κ1) is 9.53. The van der Waals surface area contributed by atoms with E-state index in [1.165, 1.54) is 11.1 Å². The zero-order valence-electron chi connectivity index (χ0n) is 9.02. The van der Waals surface area contributed by atoms with Crippen LogP contribution in [0.15, 0.2) is 6.07 Å². The van der Waals surface area contributed by atoms with E-state index in [2.05, 4.69) is 18.3 Å². The van der Waals surface area contributed by atoms with Gasteiger partial charge in [0.2, 0.25) is 0 Å². The summed E-state index contributed by atoms with van der Waals surface area (Å²) in [7, 11) is 0. The Balaban J connectivity index is 2.54. The van der Waals surface area contributed by atoms with E-state index in [1.54, 1.807) is 0 Å². The van der Waals surface area contributed by atoms with E-state index >= 15 is 0 Å². The van der Waals surface area contributed by atoms with Crippen LogP contribution in [0.3, 0.4) is 0 Å². The van der Waals surface area contributed by atoms with Crippen LogP contribution in [-0.4, -0.2) is 11.1 Å². The molecule has 1 heterocycles. The van der Waals surface area contributed by atoms with Crippen LogP contribution in [-0.2, 0) is 13.0 Å². The highest BCUT2D eigenvalue weighted by atomic mass is 16.3. The topological polar surface area (TPSA) is 32.3 Å². The molecule has 0 aliphatic carbocycles. The van der Waals surface area contributed by atoms with Crippen LogP contribution in [0.5, 0.6) is 5.75 Å². The number of aromatic hydroxyl groups is 1. The molecule has 1 atom stereocenters. The van der Waals surface area contributed by atoms with E-state index in [1.807, 2.05) is 13.8 Å². The second kappa shape index (κ2) is 3.28. The van der Waals surface area contributed by atoms with Gasteiger partial charge in [-0.1, -0.05) is 6.07 Å². The van der Waals surface area contributed by atoms with Crippen molar-refractivity contribution in [3.63, 3.8) is 0 Å². The Morgan fingerprint density at radius 2 is 2.14 bits per heavy atom. The third-order valence-corrected chi connectivity index (χ3v) is 3.11. The van der Waals surface area contributed by atoms with Crippen LogP contribution < -0.4 is 5.32 Å². The van der Waals surface area contributed by atoms with E-state index in [9.17, 15) is 5.11 Å². The van der Waals surface area contributed by atoms with Crippen LogP contribution in [0.25, 0.3) is 0 Å². The summed E-state index contributed by atoms with van der Waals surface area (Å²) >= 11 is 0. The highest BCUT2D eigenvalue weighted by Crippen LogP contribution is 2.30. The molecule has 2 N–H and O–H groups in total. The summed E-state index contributed by atoms with van der Waals surface area (Å²) in [6.07, 6.45) is 1.07. The zero-order valence-corrected chi connectivity index (χ0v) is 9.02. The minimum absolute atomic E-state index is 0.458. The van der Waals surface area contributed by atoms with Crippen molar-refractivity contribution in [3.8, 4) is 5.75 Å². The van der Waals surface area contributed by atoms with Gasteiger partial charge < -0.3 is 10.4 Å². The molecule has 0 amide bonds. The van der Waals surface area contributed by atoms with E-state index in [4.69, 9.17) is 0 Å². The quantitative estimate of drug-likeness (QED) is 0.657. The molecule has 0 aromatic heterocycles. The Kier molecular flexibility index (Phi) is 2.23. The normalized spacial score (nSPS) is 20.6. The minimum atomic E-state index is 0.458. The Morgan fingerprint density at radius 3 is 2.86 bits per heavy atom. The summed E-state index contributed by atoms with van der Waals surface area (Å²) in [4.78, 5) is 0. The average molecular weight is 191 g/mol. The van der Waals surface area contributed by atoms with Gasteiger partial charge >= 0.3 is 0 Å². The van der Waals surface area contributed by atoms with Crippen LogP contribution in [0.1, 0.15) is 29.2 Å². The summed E-state index contributed by atoms with van der Waals surface area (Å²) in [5.74, 6) is 0.458. The molecule has 0 bridgehead atoms. The molecule has 14 heavy (non-hydrogen) atoms. The molecule has 1 aliphatic rings. The first-order valence-corrected chi connectivity index (χ1v) is 5.14. The standard InChI is InChI=1S/C12H17NO/c1-7-4-10-5-8(2)13-6-11(10)9(3)12(7)14/h4,8,13-14H,5-6H2,1-3H3. The van der Waals surface area contributed by atoms with Gasteiger partial charge in [0.15, 0.2) is 0 Å². The predicted octanol–water partition coefficient (Wildman–Crippen LogP) is 2.04. The number of aryl methyl sites for hydroxylation is 1. The van der Waals surface area contributed by atoms with Gasteiger partial charge in [0.1, 0.15) is 5.75 Å². The summed E-state index contributed by atoms with van der Waals surface area (Å²) in [5, 5.41) is 13.2. The Hall–Kier alpha value is -1.02. The molecule has 1 unspecified atom stereocenters. The molecule has 2 nitrogen and oxygen atoms in total. The Labute approximate surface area is 85.0 Å². The second-order valence-electron chi connectivity index (χ2n) is 4.29. The third-order valence-electron chi connectivity index (χ3n) is 3.11. The summed E-state index contributed by atoms with van der Waals surface area (Å²) in [5.41, 5.74) is 4.71. The van der Waals surface area contributed by atoms with Gasteiger partial charge in [0.05, 0.1) is 0 Å².